The van der Waals surface area contributed by atoms with Gasteiger partial charge < -0.3 is 19.5 Å². The molecule has 176 valence electrons. The van der Waals surface area contributed by atoms with Gasteiger partial charge >= 0.3 is 5.97 Å². The van der Waals surface area contributed by atoms with Gasteiger partial charge in [0.2, 0.25) is 0 Å². The van der Waals surface area contributed by atoms with E-state index in [1.165, 1.54) is 7.11 Å². The summed E-state index contributed by atoms with van der Waals surface area (Å²) >= 11 is 3.63. The predicted octanol–water partition coefficient (Wildman–Crippen LogP) is 4.96. The molecule has 3 aromatic rings. The standard InChI is InChI=1S/C24H29BrN4O4/c1-24(23(30)33-4)9-5-6-15(13-24)22-28-20(25)19-21(26-10-11-29(19)22)27-14-16-7-8-17(31-2)12-18(16)32-3/h7-8,10-12,15H,5-6,9,13-14H2,1-4H3,(H,26,27)/t15-,24+/m1/s1. The fraction of sp³-hybridized carbons (Fsp3) is 0.458. The third-order valence-corrected chi connectivity index (χ3v) is 7.05. The monoisotopic (exact) mass is 516 g/mol. The Labute approximate surface area is 201 Å². The highest BCUT2D eigenvalue weighted by molar-refractivity contribution is 9.10. The second-order valence-electron chi connectivity index (χ2n) is 8.63. The molecule has 1 N–H and O–H groups in total. The largest absolute Gasteiger partial charge is 0.497 e. The van der Waals surface area contributed by atoms with Crippen molar-refractivity contribution in [1.29, 1.82) is 0 Å². The third-order valence-electron chi connectivity index (χ3n) is 6.50. The van der Waals surface area contributed by atoms with E-state index < -0.39 is 5.41 Å². The number of esters is 1. The lowest BCUT2D eigenvalue weighted by Crippen LogP contribution is -2.34. The highest BCUT2D eigenvalue weighted by Crippen LogP contribution is 2.45. The van der Waals surface area contributed by atoms with Gasteiger partial charge in [-0.15, -0.1) is 0 Å². The molecule has 1 saturated carbocycles. The molecule has 4 rings (SSSR count). The maximum absolute atomic E-state index is 12.4. The first-order valence-corrected chi connectivity index (χ1v) is 11.7. The number of nitrogens with one attached hydrogen (secondary N) is 1. The molecule has 1 fully saturated rings. The summed E-state index contributed by atoms with van der Waals surface area (Å²) in [5, 5.41) is 3.42. The minimum atomic E-state index is -0.491. The lowest BCUT2D eigenvalue weighted by Gasteiger charge is -2.35. The van der Waals surface area contributed by atoms with Crippen LogP contribution in [0.4, 0.5) is 5.82 Å². The van der Waals surface area contributed by atoms with Gasteiger partial charge in [0.25, 0.3) is 0 Å². The first-order valence-electron chi connectivity index (χ1n) is 11.0. The molecular formula is C24H29BrN4O4. The molecular weight excluding hydrogens is 488 g/mol. The summed E-state index contributed by atoms with van der Waals surface area (Å²) in [5.74, 6) is 3.13. The maximum Gasteiger partial charge on any atom is 0.311 e. The van der Waals surface area contributed by atoms with Gasteiger partial charge in [0.1, 0.15) is 27.4 Å². The Morgan fingerprint density at radius 3 is 2.85 bits per heavy atom. The number of benzene rings is 1. The van der Waals surface area contributed by atoms with Gasteiger partial charge in [-0.2, -0.15) is 0 Å². The smallest absolute Gasteiger partial charge is 0.311 e. The average Bonchev–Trinajstić information content (AvgIpc) is 3.19. The first kappa shape index (κ1) is 23.4. The number of aromatic nitrogens is 3. The summed E-state index contributed by atoms with van der Waals surface area (Å²) in [7, 11) is 4.73. The van der Waals surface area contributed by atoms with Gasteiger partial charge in [0.05, 0.1) is 26.7 Å². The van der Waals surface area contributed by atoms with Crippen LogP contribution in [0.1, 0.15) is 49.9 Å². The number of carbonyl (C=O) groups is 1. The van der Waals surface area contributed by atoms with E-state index in [4.69, 9.17) is 19.2 Å². The van der Waals surface area contributed by atoms with Crippen LogP contribution in [0.15, 0.2) is 35.2 Å². The van der Waals surface area contributed by atoms with Crippen molar-refractivity contribution in [2.75, 3.05) is 26.6 Å². The van der Waals surface area contributed by atoms with Crippen LogP contribution in [-0.2, 0) is 16.1 Å². The van der Waals surface area contributed by atoms with Crippen LogP contribution < -0.4 is 14.8 Å². The highest BCUT2D eigenvalue weighted by atomic mass is 79.9. The topological polar surface area (TPSA) is 87.0 Å². The second-order valence-corrected chi connectivity index (χ2v) is 9.38. The van der Waals surface area contributed by atoms with E-state index >= 15 is 0 Å². The quantitative estimate of drug-likeness (QED) is 0.444. The maximum atomic E-state index is 12.4. The Balaban J connectivity index is 1.62. The van der Waals surface area contributed by atoms with E-state index in [-0.39, 0.29) is 11.9 Å². The molecule has 0 unspecified atom stereocenters. The lowest BCUT2D eigenvalue weighted by molar-refractivity contribution is -0.154. The fourth-order valence-electron chi connectivity index (χ4n) is 4.75. The van der Waals surface area contributed by atoms with Gasteiger partial charge in [-0.05, 0) is 54.2 Å². The van der Waals surface area contributed by atoms with Gasteiger partial charge in [-0.25, -0.2) is 9.97 Å². The number of methoxy groups -OCH3 is 3. The Morgan fingerprint density at radius 2 is 2.12 bits per heavy atom. The van der Waals surface area contributed by atoms with Gasteiger partial charge in [0.15, 0.2) is 5.82 Å². The summed E-state index contributed by atoms with van der Waals surface area (Å²) in [5.41, 5.74) is 1.36. The molecule has 33 heavy (non-hydrogen) atoms. The molecule has 0 radical (unpaired) electrons. The van der Waals surface area contributed by atoms with Crippen LogP contribution in [0, 0.1) is 5.41 Å². The number of hydrogen-bond donors (Lipinski definition) is 1. The van der Waals surface area contributed by atoms with Crippen LogP contribution >= 0.6 is 15.9 Å². The molecule has 9 heteroatoms. The van der Waals surface area contributed by atoms with Gasteiger partial charge in [0, 0.05) is 36.5 Å². The zero-order valence-corrected chi connectivity index (χ0v) is 20.9. The second kappa shape index (κ2) is 9.59. The van der Waals surface area contributed by atoms with Crippen LogP contribution in [0.3, 0.4) is 0 Å². The van der Waals surface area contributed by atoms with Crippen molar-refractivity contribution < 1.29 is 19.0 Å². The lowest BCUT2D eigenvalue weighted by atomic mass is 9.70. The van der Waals surface area contributed by atoms with Crippen molar-refractivity contribution in [2.45, 2.75) is 45.1 Å². The number of fused-ring (bicyclic) bond motifs is 1. The summed E-state index contributed by atoms with van der Waals surface area (Å²) < 4.78 is 18.7. The summed E-state index contributed by atoms with van der Waals surface area (Å²) in [6.07, 6.45) is 7.16. The molecule has 8 nitrogen and oxygen atoms in total. The summed E-state index contributed by atoms with van der Waals surface area (Å²) in [6.45, 7) is 2.52. The zero-order chi connectivity index (χ0) is 23.6. The molecule has 0 bridgehead atoms. The third kappa shape index (κ3) is 4.51. The number of hydrogen-bond acceptors (Lipinski definition) is 7. The fourth-order valence-corrected chi connectivity index (χ4v) is 5.31. The highest BCUT2D eigenvalue weighted by Gasteiger charge is 2.41. The van der Waals surface area contributed by atoms with E-state index in [9.17, 15) is 4.79 Å². The Hall–Kier alpha value is -2.81. The molecule has 0 aliphatic heterocycles. The predicted molar refractivity (Wildman–Crippen MR) is 129 cm³/mol. The van der Waals surface area contributed by atoms with Gasteiger partial charge in [-0.3, -0.25) is 9.20 Å². The average molecular weight is 517 g/mol. The number of ether oxygens (including phenoxy) is 3. The number of halogens is 1. The number of nitrogens with zero attached hydrogens (tertiary/aromatic N) is 3. The molecule has 1 aliphatic rings. The molecule has 2 heterocycles. The molecule has 0 amide bonds. The van der Waals surface area contributed by atoms with Crippen LogP contribution in [0.5, 0.6) is 11.5 Å². The van der Waals surface area contributed by atoms with E-state index in [2.05, 4.69) is 30.6 Å². The van der Waals surface area contributed by atoms with Crippen LogP contribution in [0.25, 0.3) is 5.52 Å². The van der Waals surface area contributed by atoms with Crippen molar-refractivity contribution in [3.8, 4) is 11.5 Å². The number of carbonyl (C=O) groups excluding carboxylic acids is 1. The van der Waals surface area contributed by atoms with Gasteiger partial charge in [-0.1, -0.05) is 6.42 Å². The van der Waals surface area contributed by atoms with Crippen molar-refractivity contribution in [2.24, 2.45) is 5.41 Å². The number of imidazole rings is 1. The summed E-state index contributed by atoms with van der Waals surface area (Å²) in [4.78, 5) is 21.8. The van der Waals surface area contributed by atoms with Crippen molar-refractivity contribution >= 4 is 33.2 Å². The van der Waals surface area contributed by atoms with E-state index in [0.717, 1.165) is 52.3 Å². The van der Waals surface area contributed by atoms with E-state index in [1.807, 2.05) is 31.3 Å². The normalized spacial score (nSPS) is 20.5. The first-order chi connectivity index (χ1) is 15.9. The van der Waals surface area contributed by atoms with Crippen molar-refractivity contribution in [3.63, 3.8) is 0 Å². The number of rotatable bonds is 7. The van der Waals surface area contributed by atoms with Crippen molar-refractivity contribution in [3.05, 3.63) is 46.6 Å². The molecule has 0 saturated heterocycles. The minimum Gasteiger partial charge on any atom is -0.497 e. The van der Waals surface area contributed by atoms with Crippen molar-refractivity contribution in [1.82, 2.24) is 14.4 Å². The number of anilines is 1. The van der Waals surface area contributed by atoms with E-state index in [0.29, 0.717) is 18.8 Å². The molecule has 1 aromatic carbocycles. The Morgan fingerprint density at radius 1 is 1.30 bits per heavy atom. The summed E-state index contributed by atoms with van der Waals surface area (Å²) in [6, 6.07) is 5.73. The zero-order valence-electron chi connectivity index (χ0n) is 19.4. The van der Waals surface area contributed by atoms with Crippen LogP contribution in [-0.4, -0.2) is 41.7 Å². The minimum absolute atomic E-state index is 0.149. The molecule has 2 aromatic heterocycles. The molecule has 0 spiro atoms. The Kier molecular flexibility index (Phi) is 6.78. The Bertz CT molecular complexity index is 1160. The SMILES string of the molecule is COC(=O)[C@@]1(C)CCC[C@@H](c2nc(Br)c3c(NCc4ccc(OC)cc4OC)nccn23)C1. The van der Waals surface area contributed by atoms with Crippen LogP contribution in [0.2, 0.25) is 0 Å². The molecule has 1 aliphatic carbocycles. The molecule has 2 atom stereocenters. The van der Waals surface area contributed by atoms with E-state index in [1.54, 1.807) is 20.4 Å².